The molecule has 1 fully saturated rings. The molecular formula is C11H22N2O5S. The van der Waals surface area contributed by atoms with Crippen LogP contribution in [0.5, 0.6) is 0 Å². The van der Waals surface area contributed by atoms with Crippen molar-refractivity contribution in [3.8, 4) is 0 Å². The number of aliphatic carboxylic acids is 1. The number of hydrogen-bond donors (Lipinski definition) is 3. The van der Waals surface area contributed by atoms with Crippen molar-refractivity contribution in [2.24, 2.45) is 5.92 Å². The number of nitrogens with one attached hydrogen (secondary N) is 1. The van der Waals surface area contributed by atoms with Gasteiger partial charge >= 0.3 is 5.97 Å². The highest BCUT2D eigenvalue weighted by molar-refractivity contribution is 7.87. The molecular weight excluding hydrogens is 272 g/mol. The van der Waals surface area contributed by atoms with Crippen LogP contribution in [0, 0.1) is 5.92 Å². The van der Waals surface area contributed by atoms with E-state index in [1.54, 1.807) is 13.8 Å². The largest absolute Gasteiger partial charge is 0.481 e. The number of carboxylic acid groups (broad SMARTS) is 1. The quantitative estimate of drug-likeness (QED) is 0.628. The van der Waals surface area contributed by atoms with E-state index in [0.717, 1.165) is 4.31 Å². The molecule has 2 atom stereocenters. The van der Waals surface area contributed by atoms with E-state index in [4.69, 9.17) is 5.11 Å². The Morgan fingerprint density at radius 1 is 1.53 bits per heavy atom. The van der Waals surface area contributed by atoms with Crippen molar-refractivity contribution in [3.63, 3.8) is 0 Å². The van der Waals surface area contributed by atoms with Crippen LogP contribution in [0.4, 0.5) is 0 Å². The zero-order valence-corrected chi connectivity index (χ0v) is 12.1. The van der Waals surface area contributed by atoms with E-state index in [1.807, 2.05) is 0 Å². The second-order valence-electron chi connectivity index (χ2n) is 5.21. The second kappa shape index (κ2) is 6.17. The van der Waals surface area contributed by atoms with Gasteiger partial charge in [0.2, 0.25) is 0 Å². The van der Waals surface area contributed by atoms with Crippen LogP contribution < -0.4 is 4.72 Å². The lowest BCUT2D eigenvalue weighted by Crippen LogP contribution is -2.50. The topological polar surface area (TPSA) is 107 Å². The van der Waals surface area contributed by atoms with Crippen molar-refractivity contribution in [3.05, 3.63) is 0 Å². The number of rotatable bonds is 6. The Morgan fingerprint density at radius 3 is 2.68 bits per heavy atom. The molecule has 7 nitrogen and oxygen atoms in total. The summed E-state index contributed by atoms with van der Waals surface area (Å²) in [7, 11) is -3.73. The molecule has 1 aliphatic rings. The van der Waals surface area contributed by atoms with E-state index in [1.165, 1.54) is 0 Å². The fourth-order valence-electron chi connectivity index (χ4n) is 1.83. The molecule has 3 N–H and O–H groups in total. The van der Waals surface area contributed by atoms with Gasteiger partial charge < -0.3 is 10.2 Å². The van der Waals surface area contributed by atoms with Crippen molar-refractivity contribution < 1.29 is 23.4 Å². The smallest absolute Gasteiger partial charge is 0.307 e. The average Bonchev–Trinajstić information content (AvgIpc) is 2.37. The van der Waals surface area contributed by atoms with Crippen LogP contribution in [0.1, 0.15) is 33.1 Å². The number of piperidine rings is 1. The maximum atomic E-state index is 12.0. The van der Waals surface area contributed by atoms with Crippen LogP contribution in [0.2, 0.25) is 0 Å². The van der Waals surface area contributed by atoms with Gasteiger partial charge in [-0.25, -0.2) is 0 Å². The first kappa shape index (κ1) is 16.4. The predicted octanol–water partition coefficient (Wildman–Crippen LogP) is -0.222. The fraction of sp³-hybridized carbons (Fsp3) is 0.909. The average molecular weight is 294 g/mol. The van der Waals surface area contributed by atoms with Gasteiger partial charge in [0.15, 0.2) is 0 Å². The van der Waals surface area contributed by atoms with Crippen LogP contribution in [0.25, 0.3) is 0 Å². The lowest BCUT2D eigenvalue weighted by molar-refractivity contribution is -0.142. The van der Waals surface area contributed by atoms with Gasteiger partial charge in [-0.3, -0.25) is 4.79 Å². The molecule has 1 heterocycles. The van der Waals surface area contributed by atoms with Crippen molar-refractivity contribution in [2.75, 3.05) is 19.6 Å². The summed E-state index contributed by atoms with van der Waals surface area (Å²) in [6.45, 7) is 3.52. The molecule has 0 radical (unpaired) electrons. The van der Waals surface area contributed by atoms with Gasteiger partial charge in [0.05, 0.1) is 11.5 Å². The third-order valence-corrected chi connectivity index (χ3v) is 4.99. The number of nitrogens with zero attached hydrogens (tertiary/aromatic N) is 1. The molecule has 2 unspecified atom stereocenters. The number of aliphatic hydroxyl groups is 1. The molecule has 0 aromatic rings. The number of carbonyl (C=O) groups is 1. The highest BCUT2D eigenvalue weighted by Gasteiger charge is 2.33. The summed E-state index contributed by atoms with van der Waals surface area (Å²) >= 11 is 0. The molecule has 1 saturated heterocycles. The van der Waals surface area contributed by atoms with E-state index in [2.05, 4.69) is 4.72 Å². The maximum absolute atomic E-state index is 12.0. The molecule has 0 aromatic carbocycles. The van der Waals surface area contributed by atoms with Crippen molar-refractivity contribution in [1.29, 1.82) is 0 Å². The zero-order valence-electron chi connectivity index (χ0n) is 11.3. The Balaban J connectivity index is 2.64. The summed E-state index contributed by atoms with van der Waals surface area (Å²) < 4.78 is 27.5. The van der Waals surface area contributed by atoms with Gasteiger partial charge in [-0.05, 0) is 26.2 Å². The summed E-state index contributed by atoms with van der Waals surface area (Å²) in [5, 5.41) is 18.7. The Kier molecular flexibility index (Phi) is 5.31. The first-order valence-corrected chi connectivity index (χ1v) is 7.82. The molecule has 19 heavy (non-hydrogen) atoms. The summed E-state index contributed by atoms with van der Waals surface area (Å²) in [6, 6.07) is 0. The number of carboxylic acids is 1. The molecule has 0 amide bonds. The Morgan fingerprint density at radius 2 is 2.16 bits per heavy atom. The lowest BCUT2D eigenvalue weighted by Gasteiger charge is -2.31. The predicted molar refractivity (Wildman–Crippen MR) is 69.8 cm³/mol. The summed E-state index contributed by atoms with van der Waals surface area (Å²) in [6.07, 6.45) is 1.45. The minimum atomic E-state index is -3.73. The van der Waals surface area contributed by atoms with Crippen LogP contribution in [0.15, 0.2) is 0 Å². The van der Waals surface area contributed by atoms with Gasteiger partial charge in [0, 0.05) is 19.6 Å². The van der Waals surface area contributed by atoms with Crippen molar-refractivity contribution in [2.45, 2.75) is 38.7 Å². The molecule has 1 aliphatic heterocycles. The fourth-order valence-corrected chi connectivity index (χ4v) is 3.25. The molecule has 0 aliphatic carbocycles. The van der Waals surface area contributed by atoms with E-state index in [-0.39, 0.29) is 13.1 Å². The lowest BCUT2D eigenvalue weighted by atomic mass is 10.0. The van der Waals surface area contributed by atoms with Crippen LogP contribution in [0.3, 0.4) is 0 Å². The zero-order chi connectivity index (χ0) is 14.7. The summed E-state index contributed by atoms with van der Waals surface area (Å²) in [5.41, 5.74) is -1.10. The highest BCUT2D eigenvalue weighted by atomic mass is 32.2. The molecule has 112 valence electrons. The van der Waals surface area contributed by atoms with E-state index in [9.17, 15) is 18.3 Å². The normalized spacial score (nSPS) is 24.9. The maximum Gasteiger partial charge on any atom is 0.307 e. The molecule has 0 spiro atoms. The standard InChI is InChI=1S/C11H22N2O5S/c1-3-11(2,16)8-12-19(17,18)13-6-4-5-9(7-13)10(14)15/h9,12,16H,3-8H2,1-2H3,(H,14,15). The van der Waals surface area contributed by atoms with Crippen molar-refractivity contribution in [1.82, 2.24) is 9.03 Å². The van der Waals surface area contributed by atoms with E-state index >= 15 is 0 Å². The number of hydrogen-bond acceptors (Lipinski definition) is 4. The monoisotopic (exact) mass is 294 g/mol. The van der Waals surface area contributed by atoms with E-state index < -0.39 is 27.7 Å². The Hall–Kier alpha value is -0.700. The van der Waals surface area contributed by atoms with Gasteiger partial charge in [-0.1, -0.05) is 6.92 Å². The van der Waals surface area contributed by atoms with Crippen LogP contribution >= 0.6 is 0 Å². The first-order chi connectivity index (χ1) is 8.68. The van der Waals surface area contributed by atoms with E-state index in [0.29, 0.717) is 25.8 Å². The minimum Gasteiger partial charge on any atom is -0.481 e. The molecule has 0 saturated carbocycles. The molecule has 0 aromatic heterocycles. The van der Waals surface area contributed by atoms with Gasteiger partial charge in [-0.2, -0.15) is 17.4 Å². The van der Waals surface area contributed by atoms with Gasteiger partial charge in [0.25, 0.3) is 10.2 Å². The second-order valence-corrected chi connectivity index (χ2v) is 6.97. The van der Waals surface area contributed by atoms with Gasteiger partial charge in [0.1, 0.15) is 0 Å². The minimum absolute atomic E-state index is 0.0149. The molecule has 8 heteroatoms. The van der Waals surface area contributed by atoms with Gasteiger partial charge in [-0.15, -0.1) is 0 Å². The summed E-state index contributed by atoms with van der Waals surface area (Å²) in [4.78, 5) is 10.9. The van der Waals surface area contributed by atoms with Crippen LogP contribution in [-0.4, -0.2) is 54.1 Å². The molecule has 1 rings (SSSR count). The Bertz CT molecular complexity index is 421. The van der Waals surface area contributed by atoms with Crippen LogP contribution in [-0.2, 0) is 15.0 Å². The third-order valence-electron chi connectivity index (χ3n) is 3.47. The highest BCUT2D eigenvalue weighted by Crippen LogP contribution is 2.19. The summed E-state index contributed by atoms with van der Waals surface area (Å²) in [5.74, 6) is -1.63. The third kappa shape index (κ3) is 4.72. The molecule has 0 bridgehead atoms. The SMILES string of the molecule is CCC(C)(O)CNS(=O)(=O)N1CCCC(C(=O)O)C1. The Labute approximate surface area is 113 Å². The van der Waals surface area contributed by atoms with Crippen molar-refractivity contribution >= 4 is 16.2 Å². The first-order valence-electron chi connectivity index (χ1n) is 6.38.